The van der Waals surface area contributed by atoms with Gasteiger partial charge in [0.25, 0.3) is 0 Å². The van der Waals surface area contributed by atoms with Gasteiger partial charge in [-0.25, -0.2) is 4.79 Å². The minimum atomic E-state index is -0.975. The van der Waals surface area contributed by atoms with E-state index in [0.29, 0.717) is 29.4 Å². The second-order valence-electron chi connectivity index (χ2n) is 5.16. The van der Waals surface area contributed by atoms with Crippen LogP contribution in [0.2, 0.25) is 0 Å². The van der Waals surface area contributed by atoms with E-state index in [4.69, 9.17) is 19.3 Å². The highest BCUT2D eigenvalue weighted by Gasteiger charge is 2.14. The van der Waals surface area contributed by atoms with E-state index in [-0.39, 0.29) is 5.57 Å². The summed E-state index contributed by atoms with van der Waals surface area (Å²) in [6.07, 6.45) is 1.56. The van der Waals surface area contributed by atoms with Crippen LogP contribution in [-0.2, 0) is 11.4 Å². The smallest absolute Gasteiger partial charge is 0.331 e. The van der Waals surface area contributed by atoms with Crippen LogP contribution in [-0.4, -0.2) is 25.3 Å². The number of aliphatic carboxylic acids is 1. The van der Waals surface area contributed by atoms with Crippen molar-refractivity contribution in [2.45, 2.75) is 13.5 Å². The minimum Gasteiger partial charge on any atom is -0.493 e. The van der Waals surface area contributed by atoms with Crippen molar-refractivity contribution in [3.05, 3.63) is 59.2 Å². The largest absolute Gasteiger partial charge is 0.493 e. The van der Waals surface area contributed by atoms with Crippen molar-refractivity contribution in [2.24, 2.45) is 0 Å². The summed E-state index contributed by atoms with van der Waals surface area (Å²) < 4.78 is 16.6. The van der Waals surface area contributed by atoms with Gasteiger partial charge in [0, 0.05) is 5.57 Å². The molecule has 0 spiro atoms. The minimum absolute atomic E-state index is 0.219. The van der Waals surface area contributed by atoms with Gasteiger partial charge in [-0.15, -0.1) is 0 Å². The third-order valence-electron chi connectivity index (χ3n) is 3.42. The highest BCUT2D eigenvalue weighted by molar-refractivity contribution is 5.91. The third-order valence-corrected chi connectivity index (χ3v) is 3.42. The molecule has 0 heterocycles. The van der Waals surface area contributed by atoms with Crippen LogP contribution < -0.4 is 14.2 Å². The maximum absolute atomic E-state index is 11.0. The first-order valence-electron chi connectivity index (χ1n) is 7.39. The third kappa shape index (κ3) is 4.29. The zero-order chi connectivity index (χ0) is 17.5. The Kier molecular flexibility index (Phi) is 5.84. The van der Waals surface area contributed by atoms with Gasteiger partial charge in [0.1, 0.15) is 6.61 Å². The maximum Gasteiger partial charge on any atom is 0.331 e. The Hall–Kier alpha value is -2.95. The average Bonchev–Trinajstić information content (AvgIpc) is 2.60. The van der Waals surface area contributed by atoms with Crippen LogP contribution in [0.1, 0.15) is 18.1 Å². The number of rotatable bonds is 7. The van der Waals surface area contributed by atoms with E-state index in [1.165, 1.54) is 21.1 Å². The van der Waals surface area contributed by atoms with Crippen LogP contribution >= 0.6 is 0 Å². The molecule has 0 aliphatic carbocycles. The average molecular weight is 328 g/mol. The second-order valence-corrected chi connectivity index (χ2v) is 5.16. The van der Waals surface area contributed by atoms with Crippen molar-refractivity contribution >= 4 is 12.0 Å². The molecular formula is C19H20O5. The van der Waals surface area contributed by atoms with Crippen molar-refractivity contribution < 1.29 is 24.1 Å². The van der Waals surface area contributed by atoms with Crippen LogP contribution in [0.4, 0.5) is 0 Å². The maximum atomic E-state index is 11.0. The molecule has 0 amide bonds. The number of carbonyl (C=O) groups is 1. The van der Waals surface area contributed by atoms with Crippen molar-refractivity contribution in [1.29, 1.82) is 0 Å². The number of carboxylic acids is 1. The Balaban J connectivity index is 2.36. The Labute approximate surface area is 141 Å². The molecule has 0 saturated carbocycles. The first-order valence-corrected chi connectivity index (χ1v) is 7.39. The van der Waals surface area contributed by atoms with Gasteiger partial charge < -0.3 is 19.3 Å². The molecule has 0 saturated heterocycles. The summed E-state index contributed by atoms with van der Waals surface area (Å²) >= 11 is 0. The van der Waals surface area contributed by atoms with Crippen LogP contribution in [0.5, 0.6) is 17.2 Å². The fourth-order valence-electron chi connectivity index (χ4n) is 2.19. The molecule has 5 nitrogen and oxygen atoms in total. The lowest BCUT2D eigenvalue weighted by atomic mass is 10.1. The summed E-state index contributed by atoms with van der Waals surface area (Å²) in [5.41, 5.74) is 1.90. The van der Waals surface area contributed by atoms with Gasteiger partial charge in [0.15, 0.2) is 11.5 Å². The van der Waals surface area contributed by atoms with E-state index in [1.54, 1.807) is 18.2 Å². The van der Waals surface area contributed by atoms with E-state index in [9.17, 15) is 4.79 Å². The summed E-state index contributed by atoms with van der Waals surface area (Å²) in [6.45, 7) is 1.90. The van der Waals surface area contributed by atoms with E-state index >= 15 is 0 Å². The van der Waals surface area contributed by atoms with E-state index in [2.05, 4.69) is 0 Å². The molecule has 0 bridgehead atoms. The molecule has 2 rings (SSSR count). The first-order chi connectivity index (χ1) is 11.5. The van der Waals surface area contributed by atoms with Gasteiger partial charge >= 0.3 is 5.97 Å². The molecule has 2 aromatic carbocycles. The lowest BCUT2D eigenvalue weighted by molar-refractivity contribution is -0.132. The SMILES string of the molecule is COc1cc(/C=C(\C)C(=O)O)cc(OCc2ccccc2)c1OC. The molecule has 0 radical (unpaired) electrons. The molecule has 2 aromatic rings. The first kappa shape index (κ1) is 17.4. The van der Waals surface area contributed by atoms with Gasteiger partial charge in [0.2, 0.25) is 5.75 Å². The summed E-state index contributed by atoms with van der Waals surface area (Å²) in [6, 6.07) is 13.2. The Bertz CT molecular complexity index is 735. The Morgan fingerprint density at radius 2 is 1.75 bits per heavy atom. The molecule has 0 aliphatic heterocycles. The van der Waals surface area contributed by atoms with Crippen molar-refractivity contribution in [2.75, 3.05) is 14.2 Å². The fraction of sp³-hybridized carbons (Fsp3) is 0.211. The van der Waals surface area contributed by atoms with Crippen LogP contribution in [0, 0.1) is 0 Å². The van der Waals surface area contributed by atoms with Gasteiger partial charge in [-0.2, -0.15) is 0 Å². The number of ether oxygens (including phenoxy) is 3. The quantitative estimate of drug-likeness (QED) is 0.784. The predicted molar refractivity (Wildman–Crippen MR) is 91.6 cm³/mol. The Morgan fingerprint density at radius 3 is 2.33 bits per heavy atom. The number of methoxy groups -OCH3 is 2. The molecule has 126 valence electrons. The van der Waals surface area contributed by atoms with Crippen LogP contribution in [0.3, 0.4) is 0 Å². The highest BCUT2D eigenvalue weighted by Crippen LogP contribution is 2.39. The molecule has 5 heteroatoms. The number of hydrogen-bond donors (Lipinski definition) is 1. The monoisotopic (exact) mass is 328 g/mol. The van der Waals surface area contributed by atoms with Gasteiger partial charge in [-0.1, -0.05) is 30.3 Å². The van der Waals surface area contributed by atoms with Gasteiger partial charge in [-0.3, -0.25) is 0 Å². The number of hydrogen-bond acceptors (Lipinski definition) is 4. The number of carboxylic acid groups (broad SMARTS) is 1. The number of benzene rings is 2. The molecule has 0 atom stereocenters. The molecule has 0 aliphatic rings. The zero-order valence-electron chi connectivity index (χ0n) is 13.9. The van der Waals surface area contributed by atoms with Crippen molar-refractivity contribution in [3.8, 4) is 17.2 Å². The van der Waals surface area contributed by atoms with Gasteiger partial charge in [0.05, 0.1) is 14.2 Å². The van der Waals surface area contributed by atoms with Crippen LogP contribution in [0.25, 0.3) is 6.08 Å². The predicted octanol–water partition coefficient (Wildman–Crippen LogP) is 3.77. The lowest BCUT2D eigenvalue weighted by Gasteiger charge is -2.15. The van der Waals surface area contributed by atoms with Crippen molar-refractivity contribution in [3.63, 3.8) is 0 Å². The summed E-state index contributed by atoms with van der Waals surface area (Å²) in [5.74, 6) is 0.466. The Morgan fingerprint density at radius 1 is 1.08 bits per heavy atom. The van der Waals surface area contributed by atoms with E-state index < -0.39 is 5.97 Å². The topological polar surface area (TPSA) is 65.0 Å². The normalized spacial score (nSPS) is 11.0. The van der Waals surface area contributed by atoms with Gasteiger partial charge in [-0.05, 0) is 36.3 Å². The van der Waals surface area contributed by atoms with Crippen molar-refractivity contribution in [1.82, 2.24) is 0 Å². The molecule has 0 aromatic heterocycles. The van der Waals surface area contributed by atoms with Crippen LogP contribution in [0.15, 0.2) is 48.0 Å². The summed E-state index contributed by atoms with van der Waals surface area (Å²) in [5, 5.41) is 9.04. The van der Waals surface area contributed by atoms with E-state index in [0.717, 1.165) is 5.56 Å². The summed E-state index contributed by atoms with van der Waals surface area (Å²) in [7, 11) is 3.06. The molecule has 24 heavy (non-hydrogen) atoms. The molecule has 0 unspecified atom stereocenters. The van der Waals surface area contributed by atoms with E-state index in [1.807, 2.05) is 30.3 Å². The summed E-state index contributed by atoms with van der Waals surface area (Å²) in [4.78, 5) is 11.0. The fourth-order valence-corrected chi connectivity index (χ4v) is 2.19. The molecule has 1 N–H and O–H groups in total. The highest BCUT2D eigenvalue weighted by atomic mass is 16.5. The standard InChI is InChI=1S/C19H20O5/c1-13(19(20)21)9-15-10-16(22-2)18(23-3)17(11-15)24-12-14-7-5-4-6-8-14/h4-11H,12H2,1-3H3,(H,20,21)/b13-9+. The zero-order valence-corrected chi connectivity index (χ0v) is 13.9. The molecule has 0 fully saturated rings. The lowest BCUT2D eigenvalue weighted by Crippen LogP contribution is -2.00. The second kappa shape index (κ2) is 8.06. The molecular weight excluding hydrogens is 308 g/mol.